The Morgan fingerprint density at radius 3 is 2.74 bits per heavy atom. The molecule has 27 heavy (non-hydrogen) atoms. The monoisotopic (exact) mass is 368 g/mol. The first-order chi connectivity index (χ1) is 13.1. The molecule has 0 atom stereocenters. The lowest BCUT2D eigenvalue weighted by Gasteiger charge is -2.28. The van der Waals surface area contributed by atoms with Gasteiger partial charge < -0.3 is 18.8 Å². The van der Waals surface area contributed by atoms with Crippen molar-refractivity contribution in [2.45, 2.75) is 20.0 Å². The normalized spacial score (nSPS) is 13.6. The molecule has 0 N–H and O–H groups in total. The first-order valence-electron chi connectivity index (χ1n) is 8.59. The number of nitrogens with zero attached hydrogens (tertiary/aromatic N) is 4. The summed E-state index contributed by atoms with van der Waals surface area (Å²) in [4.78, 5) is 19.0. The largest absolute Gasteiger partial charge is 0.497 e. The molecule has 1 aliphatic rings. The number of aryl methyl sites for hydroxylation is 1. The van der Waals surface area contributed by atoms with Crippen molar-refractivity contribution in [2.75, 3.05) is 20.8 Å². The van der Waals surface area contributed by atoms with Crippen molar-refractivity contribution >= 4 is 5.91 Å². The smallest absolute Gasteiger partial charge is 0.272 e. The van der Waals surface area contributed by atoms with Gasteiger partial charge in [0.1, 0.15) is 29.2 Å². The highest BCUT2D eigenvalue weighted by Gasteiger charge is 2.28. The standard InChI is InChI=1S/C19H20N4O4/c1-12-11-27-18(20-12)15-9-16-19(24)22(6-7-23(16)21-15)10-13-4-5-14(25-2)8-17(13)26-3/h4-5,8-9,11H,6-7,10H2,1-3H3. The number of ether oxygens (including phenoxy) is 2. The van der Waals surface area contributed by atoms with Gasteiger partial charge in [-0.05, 0) is 19.1 Å². The number of aromatic nitrogens is 3. The van der Waals surface area contributed by atoms with Gasteiger partial charge in [0, 0.05) is 30.8 Å². The van der Waals surface area contributed by atoms with Crippen molar-refractivity contribution in [1.29, 1.82) is 0 Å². The minimum Gasteiger partial charge on any atom is -0.497 e. The Balaban J connectivity index is 1.58. The molecule has 1 aliphatic heterocycles. The van der Waals surface area contributed by atoms with E-state index < -0.39 is 0 Å². The van der Waals surface area contributed by atoms with Gasteiger partial charge in [-0.25, -0.2) is 4.98 Å². The molecule has 0 bridgehead atoms. The molecule has 0 spiro atoms. The predicted molar refractivity (Wildman–Crippen MR) is 96.7 cm³/mol. The van der Waals surface area contributed by atoms with E-state index in [1.54, 1.807) is 36.1 Å². The van der Waals surface area contributed by atoms with Crippen LogP contribution in [-0.2, 0) is 13.1 Å². The Bertz CT molecular complexity index is 992. The van der Waals surface area contributed by atoms with E-state index in [9.17, 15) is 4.79 Å². The number of benzene rings is 1. The third kappa shape index (κ3) is 3.14. The Kier molecular flexibility index (Phi) is 4.31. The number of amides is 1. The van der Waals surface area contributed by atoms with Crippen molar-refractivity contribution in [2.24, 2.45) is 0 Å². The number of hydrogen-bond acceptors (Lipinski definition) is 6. The number of carbonyl (C=O) groups excluding carboxylic acids is 1. The molecule has 4 rings (SSSR count). The van der Waals surface area contributed by atoms with Gasteiger partial charge in [-0.2, -0.15) is 5.10 Å². The Morgan fingerprint density at radius 1 is 1.19 bits per heavy atom. The van der Waals surface area contributed by atoms with Gasteiger partial charge >= 0.3 is 0 Å². The quantitative estimate of drug-likeness (QED) is 0.688. The minimum absolute atomic E-state index is 0.0823. The van der Waals surface area contributed by atoms with Crippen molar-refractivity contribution < 1.29 is 18.7 Å². The number of fused-ring (bicyclic) bond motifs is 1. The first-order valence-corrected chi connectivity index (χ1v) is 8.59. The number of oxazole rings is 1. The van der Waals surface area contributed by atoms with E-state index in [0.29, 0.717) is 48.4 Å². The van der Waals surface area contributed by atoms with Crippen LogP contribution in [0.25, 0.3) is 11.6 Å². The van der Waals surface area contributed by atoms with Crippen LogP contribution >= 0.6 is 0 Å². The van der Waals surface area contributed by atoms with E-state index >= 15 is 0 Å². The lowest BCUT2D eigenvalue weighted by atomic mass is 10.1. The third-order valence-corrected chi connectivity index (χ3v) is 4.56. The van der Waals surface area contributed by atoms with Crippen LogP contribution in [0.1, 0.15) is 21.7 Å². The van der Waals surface area contributed by atoms with Gasteiger partial charge in [-0.1, -0.05) is 0 Å². The highest BCUT2D eigenvalue weighted by molar-refractivity contribution is 5.94. The molecule has 0 saturated carbocycles. The Morgan fingerprint density at radius 2 is 2.04 bits per heavy atom. The Labute approximate surface area is 156 Å². The van der Waals surface area contributed by atoms with Crippen molar-refractivity contribution in [3.63, 3.8) is 0 Å². The van der Waals surface area contributed by atoms with Crippen LogP contribution in [0.3, 0.4) is 0 Å². The number of methoxy groups -OCH3 is 2. The fraction of sp³-hybridized carbons (Fsp3) is 0.316. The Hall–Kier alpha value is -3.29. The lowest BCUT2D eigenvalue weighted by molar-refractivity contribution is 0.0682. The number of carbonyl (C=O) groups is 1. The average molecular weight is 368 g/mol. The van der Waals surface area contributed by atoms with Crippen LogP contribution in [0.15, 0.2) is 34.9 Å². The zero-order valence-electron chi connectivity index (χ0n) is 15.4. The second-order valence-electron chi connectivity index (χ2n) is 6.34. The maximum atomic E-state index is 12.9. The first kappa shape index (κ1) is 17.1. The second-order valence-corrected chi connectivity index (χ2v) is 6.34. The van der Waals surface area contributed by atoms with Gasteiger partial charge in [0.2, 0.25) is 5.89 Å². The van der Waals surface area contributed by atoms with Gasteiger partial charge in [-0.15, -0.1) is 0 Å². The van der Waals surface area contributed by atoms with Crippen LogP contribution in [-0.4, -0.2) is 46.3 Å². The molecule has 0 unspecified atom stereocenters. The fourth-order valence-corrected chi connectivity index (χ4v) is 3.15. The van der Waals surface area contributed by atoms with E-state index in [1.807, 2.05) is 25.1 Å². The molecular formula is C19H20N4O4. The summed E-state index contributed by atoms with van der Waals surface area (Å²) in [6, 6.07) is 7.32. The van der Waals surface area contributed by atoms with E-state index in [-0.39, 0.29) is 5.91 Å². The van der Waals surface area contributed by atoms with Crippen LogP contribution in [0, 0.1) is 6.92 Å². The molecule has 0 saturated heterocycles. The van der Waals surface area contributed by atoms with E-state index in [4.69, 9.17) is 13.9 Å². The number of rotatable bonds is 5. The summed E-state index contributed by atoms with van der Waals surface area (Å²) in [5.41, 5.74) is 2.79. The summed E-state index contributed by atoms with van der Waals surface area (Å²) in [7, 11) is 3.21. The zero-order chi connectivity index (χ0) is 19.0. The molecule has 0 aliphatic carbocycles. The average Bonchev–Trinajstić information content (AvgIpc) is 3.30. The SMILES string of the molecule is COc1ccc(CN2CCn3nc(-c4nc(C)co4)cc3C2=O)c(OC)c1. The second kappa shape index (κ2) is 6.79. The summed E-state index contributed by atoms with van der Waals surface area (Å²) in [6.07, 6.45) is 1.57. The molecule has 8 nitrogen and oxygen atoms in total. The highest BCUT2D eigenvalue weighted by Crippen LogP contribution is 2.28. The predicted octanol–water partition coefficient (Wildman–Crippen LogP) is 2.52. The van der Waals surface area contributed by atoms with E-state index in [1.165, 1.54) is 0 Å². The van der Waals surface area contributed by atoms with Crippen LogP contribution in [0.5, 0.6) is 11.5 Å². The fourth-order valence-electron chi connectivity index (χ4n) is 3.15. The molecule has 1 aromatic carbocycles. The minimum atomic E-state index is -0.0823. The van der Waals surface area contributed by atoms with E-state index in [0.717, 1.165) is 11.3 Å². The van der Waals surface area contributed by atoms with Gasteiger partial charge in [0.25, 0.3) is 5.91 Å². The summed E-state index contributed by atoms with van der Waals surface area (Å²) < 4.78 is 17.8. The van der Waals surface area contributed by atoms with Gasteiger partial charge in [0.05, 0.1) is 26.5 Å². The highest BCUT2D eigenvalue weighted by atomic mass is 16.5. The topological polar surface area (TPSA) is 82.6 Å². The van der Waals surface area contributed by atoms with Crippen LogP contribution in [0.2, 0.25) is 0 Å². The lowest BCUT2D eigenvalue weighted by Crippen LogP contribution is -2.39. The third-order valence-electron chi connectivity index (χ3n) is 4.56. The van der Waals surface area contributed by atoms with E-state index in [2.05, 4.69) is 10.1 Å². The molecule has 0 radical (unpaired) electrons. The molecule has 140 valence electrons. The molecule has 1 amide bonds. The maximum absolute atomic E-state index is 12.9. The van der Waals surface area contributed by atoms with Gasteiger partial charge in [0.15, 0.2) is 0 Å². The molecule has 3 heterocycles. The summed E-state index contributed by atoms with van der Waals surface area (Å²) in [5, 5.41) is 4.45. The molecule has 0 fully saturated rings. The van der Waals surface area contributed by atoms with Crippen LogP contribution < -0.4 is 9.47 Å². The van der Waals surface area contributed by atoms with Crippen molar-refractivity contribution in [3.8, 4) is 23.1 Å². The summed E-state index contributed by atoms with van der Waals surface area (Å²) in [6.45, 7) is 3.47. The van der Waals surface area contributed by atoms with Crippen molar-refractivity contribution in [1.82, 2.24) is 19.7 Å². The molecule has 3 aromatic rings. The molecule has 8 heteroatoms. The van der Waals surface area contributed by atoms with Gasteiger partial charge in [-0.3, -0.25) is 9.48 Å². The molecular weight excluding hydrogens is 348 g/mol. The van der Waals surface area contributed by atoms with Crippen molar-refractivity contribution in [3.05, 3.63) is 47.5 Å². The van der Waals surface area contributed by atoms with Crippen LogP contribution in [0.4, 0.5) is 0 Å². The maximum Gasteiger partial charge on any atom is 0.272 e. The molecule has 2 aromatic heterocycles. The summed E-state index contributed by atoms with van der Waals surface area (Å²) in [5.74, 6) is 1.74. The number of hydrogen-bond donors (Lipinski definition) is 0. The zero-order valence-corrected chi connectivity index (χ0v) is 15.4. The summed E-state index contributed by atoms with van der Waals surface area (Å²) >= 11 is 0.